The molecule has 11 heteroatoms. The summed E-state index contributed by atoms with van der Waals surface area (Å²) in [6, 6.07) is 8.82. The van der Waals surface area contributed by atoms with Gasteiger partial charge in [-0.1, -0.05) is 38.1 Å². The Balaban J connectivity index is 0.00000199. The second kappa shape index (κ2) is 11.0. The van der Waals surface area contributed by atoms with Crippen molar-refractivity contribution < 1.29 is 31.6 Å². The summed E-state index contributed by atoms with van der Waals surface area (Å²) in [6.07, 6.45) is -4.65. The van der Waals surface area contributed by atoms with Crippen LogP contribution in [0.15, 0.2) is 61.2 Å². The van der Waals surface area contributed by atoms with Crippen LogP contribution in [0, 0.1) is 21.7 Å². The van der Waals surface area contributed by atoms with E-state index in [0.29, 0.717) is 6.07 Å². The molecule has 34 heavy (non-hydrogen) atoms. The molecule has 0 unspecified atom stereocenters. The average Bonchev–Trinajstić information content (AvgIpc) is 2.76. The molecule has 0 aliphatic rings. The quantitative estimate of drug-likeness (QED) is 0.209. The Morgan fingerprint density at radius 2 is 1.68 bits per heavy atom. The van der Waals surface area contributed by atoms with Crippen LogP contribution in [-0.2, 0) is 6.18 Å². The van der Waals surface area contributed by atoms with Gasteiger partial charge >= 0.3 is 6.18 Å². The van der Waals surface area contributed by atoms with Crippen LogP contribution in [0.3, 0.4) is 0 Å². The monoisotopic (exact) mass is 500 g/mol. The molecular formula is C23H18ClF5N2O3. The predicted octanol–water partition coefficient (Wildman–Crippen LogP) is 8.45. The third-order valence-corrected chi connectivity index (χ3v) is 4.51. The number of halogens is 6. The topological polar surface area (TPSA) is 64.4 Å². The summed E-state index contributed by atoms with van der Waals surface area (Å²) >= 11 is 5.87. The zero-order chi connectivity index (χ0) is 25.6. The molecule has 0 amide bonds. The molecule has 0 bridgehead atoms. The molecule has 0 radical (unpaired) electrons. The summed E-state index contributed by atoms with van der Waals surface area (Å²) < 4.78 is 71.9. The highest BCUT2D eigenvalue weighted by Gasteiger charge is 2.31. The van der Waals surface area contributed by atoms with E-state index >= 15 is 0 Å². The third-order valence-electron chi connectivity index (χ3n) is 4.20. The normalized spacial score (nSPS) is 10.7. The molecule has 0 aromatic heterocycles. The van der Waals surface area contributed by atoms with E-state index in [0.717, 1.165) is 42.5 Å². The lowest BCUT2D eigenvalue weighted by Crippen LogP contribution is -2.05. The molecule has 0 saturated heterocycles. The van der Waals surface area contributed by atoms with Crippen molar-refractivity contribution >= 4 is 28.7 Å². The number of hydrogen-bond acceptors (Lipinski definition) is 4. The van der Waals surface area contributed by atoms with Crippen LogP contribution in [0.4, 0.5) is 33.3 Å². The zero-order valence-corrected chi connectivity index (χ0v) is 18.6. The smallest absolute Gasteiger partial charge is 0.416 e. The first-order valence-electron chi connectivity index (χ1n) is 9.70. The SMILES string of the molecule is C=C(Nc1ccc(Oc2cc(C(F)(F)F)ccc2Cl)cc1[N+](=O)[O-])c1c(F)cccc1F.CC. The van der Waals surface area contributed by atoms with Crippen molar-refractivity contribution in [1.82, 2.24) is 0 Å². The van der Waals surface area contributed by atoms with Crippen LogP contribution in [-0.4, -0.2) is 4.92 Å². The van der Waals surface area contributed by atoms with Gasteiger partial charge in [-0.25, -0.2) is 8.78 Å². The van der Waals surface area contributed by atoms with E-state index in [4.69, 9.17) is 16.3 Å². The van der Waals surface area contributed by atoms with Crippen LogP contribution >= 0.6 is 11.6 Å². The van der Waals surface area contributed by atoms with Crippen molar-refractivity contribution in [2.75, 3.05) is 5.32 Å². The van der Waals surface area contributed by atoms with Gasteiger partial charge in [0.05, 0.1) is 27.1 Å². The fourth-order valence-electron chi connectivity index (χ4n) is 2.73. The van der Waals surface area contributed by atoms with Gasteiger partial charge in [0.2, 0.25) is 0 Å². The van der Waals surface area contributed by atoms with Crippen LogP contribution in [0.5, 0.6) is 11.5 Å². The summed E-state index contributed by atoms with van der Waals surface area (Å²) in [5, 5.41) is 13.8. The van der Waals surface area contributed by atoms with Crippen LogP contribution in [0.1, 0.15) is 25.0 Å². The number of nitro groups is 1. The Bertz CT molecular complexity index is 1200. The molecule has 3 aromatic rings. The first-order valence-corrected chi connectivity index (χ1v) is 10.1. The van der Waals surface area contributed by atoms with Gasteiger partial charge in [-0.2, -0.15) is 13.2 Å². The maximum atomic E-state index is 13.9. The van der Waals surface area contributed by atoms with E-state index < -0.39 is 39.5 Å². The Hall–Kier alpha value is -3.66. The number of benzene rings is 3. The van der Waals surface area contributed by atoms with Crippen molar-refractivity contribution in [2.45, 2.75) is 20.0 Å². The van der Waals surface area contributed by atoms with Gasteiger partial charge in [-0.05, 0) is 42.5 Å². The van der Waals surface area contributed by atoms with Gasteiger partial charge in [-0.15, -0.1) is 0 Å². The minimum atomic E-state index is -4.65. The van der Waals surface area contributed by atoms with E-state index in [1.54, 1.807) is 0 Å². The molecule has 0 spiro atoms. The highest BCUT2D eigenvalue weighted by molar-refractivity contribution is 6.32. The maximum Gasteiger partial charge on any atom is 0.416 e. The molecule has 5 nitrogen and oxygen atoms in total. The lowest BCUT2D eigenvalue weighted by atomic mass is 10.1. The Morgan fingerprint density at radius 3 is 2.24 bits per heavy atom. The zero-order valence-electron chi connectivity index (χ0n) is 17.8. The van der Waals surface area contributed by atoms with Gasteiger partial charge in [0.1, 0.15) is 28.8 Å². The van der Waals surface area contributed by atoms with Crippen molar-refractivity contribution in [2.24, 2.45) is 0 Å². The summed E-state index contributed by atoms with van der Waals surface area (Å²) in [7, 11) is 0. The van der Waals surface area contributed by atoms with Crippen molar-refractivity contribution in [3.05, 3.63) is 99.1 Å². The average molecular weight is 501 g/mol. The van der Waals surface area contributed by atoms with Crippen molar-refractivity contribution in [3.8, 4) is 11.5 Å². The van der Waals surface area contributed by atoms with E-state index in [-0.39, 0.29) is 27.9 Å². The minimum absolute atomic E-state index is 0.147. The molecule has 0 aliphatic heterocycles. The van der Waals surface area contributed by atoms with Gasteiger partial charge in [-0.3, -0.25) is 10.1 Å². The maximum absolute atomic E-state index is 13.9. The van der Waals surface area contributed by atoms with Crippen molar-refractivity contribution in [1.29, 1.82) is 0 Å². The second-order valence-electron chi connectivity index (χ2n) is 6.38. The number of nitrogens with one attached hydrogen (secondary N) is 1. The van der Waals surface area contributed by atoms with Crippen LogP contribution < -0.4 is 10.1 Å². The third kappa shape index (κ3) is 6.22. The predicted molar refractivity (Wildman–Crippen MR) is 120 cm³/mol. The first kappa shape index (κ1) is 26.6. The molecule has 0 atom stereocenters. The largest absolute Gasteiger partial charge is 0.456 e. The minimum Gasteiger partial charge on any atom is -0.456 e. The fourth-order valence-corrected chi connectivity index (χ4v) is 2.88. The van der Waals surface area contributed by atoms with E-state index in [2.05, 4.69) is 11.9 Å². The van der Waals surface area contributed by atoms with Crippen LogP contribution in [0.2, 0.25) is 5.02 Å². The Labute approximate surface area is 196 Å². The molecular weight excluding hydrogens is 483 g/mol. The number of alkyl halides is 3. The number of anilines is 1. The standard InChI is InChI=1S/C21H12ClF5N2O3.C2H6/c1-11(20-15(23)3-2-4-16(20)24)28-17-8-6-13(10-18(17)29(30)31)32-19-9-12(21(25,26)27)5-7-14(19)22;1-2/h2-10,28H,1H2;1-2H3. The highest BCUT2D eigenvalue weighted by Crippen LogP contribution is 2.39. The number of nitrogens with zero attached hydrogens (tertiary/aromatic N) is 1. The Kier molecular flexibility index (Phi) is 8.58. The summed E-state index contributed by atoms with van der Waals surface area (Å²) in [5.74, 6) is -2.41. The van der Waals surface area contributed by atoms with Gasteiger partial charge in [0.25, 0.3) is 5.69 Å². The highest BCUT2D eigenvalue weighted by atomic mass is 35.5. The molecule has 3 aromatic carbocycles. The number of rotatable bonds is 6. The van der Waals surface area contributed by atoms with Gasteiger partial charge in [0, 0.05) is 5.70 Å². The van der Waals surface area contributed by atoms with Crippen LogP contribution in [0.25, 0.3) is 5.70 Å². The lowest BCUT2D eigenvalue weighted by molar-refractivity contribution is -0.384. The Morgan fingerprint density at radius 1 is 1.06 bits per heavy atom. The van der Waals surface area contributed by atoms with Gasteiger partial charge < -0.3 is 10.1 Å². The molecule has 0 aliphatic carbocycles. The first-order chi connectivity index (χ1) is 16.0. The van der Waals surface area contributed by atoms with E-state index in [1.165, 1.54) is 6.07 Å². The lowest BCUT2D eigenvalue weighted by Gasteiger charge is -2.14. The summed E-state index contributed by atoms with van der Waals surface area (Å²) in [6.45, 7) is 7.51. The fraction of sp³-hybridized carbons (Fsp3) is 0.130. The molecule has 0 fully saturated rings. The molecule has 180 valence electrons. The molecule has 1 N–H and O–H groups in total. The van der Waals surface area contributed by atoms with E-state index in [9.17, 15) is 32.1 Å². The second-order valence-corrected chi connectivity index (χ2v) is 6.79. The molecule has 0 saturated carbocycles. The number of nitro benzene ring substituents is 1. The number of hydrogen-bond donors (Lipinski definition) is 1. The summed E-state index contributed by atoms with van der Waals surface area (Å²) in [5.41, 5.74) is -2.56. The summed E-state index contributed by atoms with van der Waals surface area (Å²) in [4.78, 5) is 10.7. The molecule has 0 heterocycles. The van der Waals surface area contributed by atoms with Crippen molar-refractivity contribution in [3.63, 3.8) is 0 Å². The number of ether oxygens (including phenoxy) is 1. The molecule has 3 rings (SSSR count). The van der Waals surface area contributed by atoms with E-state index in [1.807, 2.05) is 13.8 Å². The van der Waals surface area contributed by atoms with Gasteiger partial charge in [0.15, 0.2) is 0 Å².